The molecule has 0 fully saturated rings. The zero-order chi connectivity index (χ0) is 36.1. The van der Waals surface area contributed by atoms with Crippen molar-refractivity contribution in [2.45, 2.75) is 35.1 Å². The molecule has 266 valence electrons. The number of ether oxygens (including phenoxy) is 2. The van der Waals surface area contributed by atoms with Gasteiger partial charge in [0.2, 0.25) is 5.90 Å². The molecule has 1 aliphatic heterocycles. The SMILES string of the molecule is [N-]=[N+]=Nc1ccccc1[C@@H]1OC(c2ccc(OCCCO)cc2)=N[C@]1(CCS(=O)(=O)c1ccccc1)C(=O)NNCCSCc1ccc(F)cc1. The summed E-state index contributed by atoms with van der Waals surface area (Å²) in [6.45, 7) is 0.670. The van der Waals surface area contributed by atoms with Gasteiger partial charge in [-0.05, 0) is 59.6 Å². The predicted octanol–water partition coefficient (Wildman–Crippen LogP) is 6.20. The van der Waals surface area contributed by atoms with Crippen LogP contribution in [-0.2, 0) is 25.1 Å². The summed E-state index contributed by atoms with van der Waals surface area (Å²) in [4.78, 5) is 22.3. The number of hydrogen-bond acceptors (Lipinski definition) is 10. The highest BCUT2D eigenvalue weighted by Gasteiger charge is 2.54. The largest absolute Gasteiger partial charge is 0.494 e. The van der Waals surface area contributed by atoms with Gasteiger partial charge in [0, 0.05) is 59.2 Å². The van der Waals surface area contributed by atoms with Crippen molar-refractivity contribution in [1.82, 2.24) is 10.9 Å². The first-order valence-electron chi connectivity index (χ1n) is 16.1. The van der Waals surface area contributed by atoms with Crippen LogP contribution in [0.2, 0.25) is 0 Å². The molecular formula is C36H37FN6O6S2. The van der Waals surface area contributed by atoms with E-state index in [0.717, 1.165) is 5.56 Å². The molecule has 0 saturated heterocycles. The Labute approximate surface area is 299 Å². The molecule has 4 aromatic rings. The molecule has 0 unspecified atom stereocenters. The summed E-state index contributed by atoms with van der Waals surface area (Å²) in [6.07, 6.45) is -0.998. The van der Waals surface area contributed by atoms with Crippen LogP contribution in [0.1, 0.15) is 35.6 Å². The minimum atomic E-state index is -3.87. The number of carbonyl (C=O) groups excluding carboxylic acids is 1. The number of aliphatic hydroxyl groups excluding tert-OH is 1. The van der Waals surface area contributed by atoms with Gasteiger partial charge in [-0.2, -0.15) is 11.8 Å². The summed E-state index contributed by atoms with van der Waals surface area (Å²) in [5.41, 5.74) is 15.2. The predicted molar refractivity (Wildman–Crippen MR) is 194 cm³/mol. The van der Waals surface area contributed by atoms with Crippen LogP contribution in [0.5, 0.6) is 5.75 Å². The molecule has 5 rings (SSSR count). The van der Waals surface area contributed by atoms with Gasteiger partial charge >= 0.3 is 0 Å². The minimum absolute atomic E-state index is 0.00469. The van der Waals surface area contributed by atoms with E-state index in [2.05, 4.69) is 20.9 Å². The lowest BCUT2D eigenvalue weighted by atomic mass is 9.84. The standard InChI is InChI=1S/C36H37FN6O6S2/c37-28-15-11-26(12-16-28)25-50-23-20-39-42-35(45)36(19-24-51(46,47)30-7-2-1-3-8-30)33(31-9-4-5-10-32(31)41-43-38)49-34(40-36)27-13-17-29(18-14-27)48-22-6-21-44/h1-5,7-18,33,39,44H,6,19-25H2,(H,42,45)/t33-,36-/m0/s1. The average Bonchev–Trinajstić information content (AvgIpc) is 3.55. The van der Waals surface area contributed by atoms with Crippen LogP contribution in [0.4, 0.5) is 10.1 Å². The van der Waals surface area contributed by atoms with E-state index in [1.54, 1.807) is 90.6 Å². The number of sulfone groups is 1. The van der Waals surface area contributed by atoms with Crippen LogP contribution in [0.15, 0.2) is 118 Å². The Kier molecular flexibility index (Phi) is 13.1. The number of aliphatic imine (C=N–C) groups is 1. The smallest absolute Gasteiger partial charge is 0.266 e. The first kappa shape index (κ1) is 37.3. The molecule has 0 radical (unpaired) electrons. The van der Waals surface area contributed by atoms with Crippen LogP contribution < -0.4 is 15.6 Å². The van der Waals surface area contributed by atoms with Crippen LogP contribution in [-0.4, -0.2) is 62.1 Å². The average molecular weight is 733 g/mol. The molecule has 12 nitrogen and oxygen atoms in total. The third kappa shape index (κ3) is 9.66. The van der Waals surface area contributed by atoms with Crippen LogP contribution >= 0.6 is 11.8 Å². The molecule has 0 spiro atoms. The molecule has 0 aromatic heterocycles. The van der Waals surface area contributed by atoms with Crippen molar-refractivity contribution in [3.05, 3.63) is 136 Å². The first-order chi connectivity index (χ1) is 24.8. The number of thioether (sulfide) groups is 1. The molecule has 1 amide bonds. The lowest BCUT2D eigenvalue weighted by Crippen LogP contribution is -2.53. The fourth-order valence-electron chi connectivity index (χ4n) is 5.38. The summed E-state index contributed by atoms with van der Waals surface area (Å²) in [6, 6.07) is 27.6. The summed E-state index contributed by atoms with van der Waals surface area (Å²) < 4.78 is 52.5. The first-order valence-corrected chi connectivity index (χ1v) is 18.9. The highest BCUT2D eigenvalue weighted by atomic mass is 32.2. The van der Waals surface area contributed by atoms with E-state index in [-0.39, 0.29) is 35.3 Å². The molecular weight excluding hydrogens is 696 g/mol. The van der Waals surface area contributed by atoms with E-state index in [0.29, 0.717) is 48.0 Å². The number of azide groups is 1. The molecule has 0 aliphatic carbocycles. The van der Waals surface area contributed by atoms with Gasteiger partial charge in [0.15, 0.2) is 21.5 Å². The number of halogens is 1. The van der Waals surface area contributed by atoms with Gasteiger partial charge in [-0.25, -0.2) is 23.2 Å². The quantitative estimate of drug-likeness (QED) is 0.0356. The summed E-state index contributed by atoms with van der Waals surface area (Å²) in [7, 11) is -3.87. The maximum Gasteiger partial charge on any atom is 0.266 e. The lowest BCUT2D eigenvalue weighted by Gasteiger charge is -2.31. The van der Waals surface area contributed by atoms with Gasteiger partial charge < -0.3 is 14.6 Å². The van der Waals surface area contributed by atoms with Crippen LogP contribution in [0.3, 0.4) is 0 Å². The fraction of sp³-hybridized carbons (Fsp3) is 0.278. The highest BCUT2D eigenvalue weighted by Crippen LogP contribution is 2.45. The minimum Gasteiger partial charge on any atom is -0.494 e. The zero-order valence-electron chi connectivity index (χ0n) is 27.5. The molecule has 0 bridgehead atoms. The molecule has 0 saturated carbocycles. The van der Waals surface area contributed by atoms with E-state index in [9.17, 15) is 23.1 Å². The maximum absolute atomic E-state index is 14.4. The third-order valence-electron chi connectivity index (χ3n) is 8.01. The monoisotopic (exact) mass is 732 g/mol. The lowest BCUT2D eigenvalue weighted by molar-refractivity contribution is -0.130. The number of amides is 1. The molecule has 15 heteroatoms. The second-order valence-electron chi connectivity index (χ2n) is 11.5. The molecule has 1 aliphatic rings. The molecule has 4 aromatic carbocycles. The number of nitrogens with one attached hydrogen (secondary N) is 2. The van der Waals surface area contributed by atoms with Gasteiger partial charge in [-0.15, -0.1) is 0 Å². The number of hydrazine groups is 1. The Morgan fingerprint density at radius 1 is 1.04 bits per heavy atom. The fourth-order valence-corrected chi connectivity index (χ4v) is 7.58. The number of hydrogen-bond donors (Lipinski definition) is 3. The topological polar surface area (TPSA) is 175 Å². The van der Waals surface area contributed by atoms with E-state index < -0.39 is 33.1 Å². The van der Waals surface area contributed by atoms with Crippen molar-refractivity contribution in [1.29, 1.82) is 0 Å². The summed E-state index contributed by atoms with van der Waals surface area (Å²) in [5, 5.41) is 12.9. The van der Waals surface area contributed by atoms with Gasteiger partial charge in [-0.3, -0.25) is 10.2 Å². The number of aliphatic hydroxyl groups is 1. The second kappa shape index (κ2) is 17.8. The molecule has 3 N–H and O–H groups in total. The maximum atomic E-state index is 14.4. The summed E-state index contributed by atoms with van der Waals surface area (Å²) >= 11 is 1.58. The van der Waals surface area contributed by atoms with Crippen molar-refractivity contribution in [2.24, 2.45) is 10.1 Å². The van der Waals surface area contributed by atoms with Crippen molar-refractivity contribution in [2.75, 3.05) is 31.3 Å². The van der Waals surface area contributed by atoms with Crippen molar-refractivity contribution >= 4 is 39.1 Å². The van der Waals surface area contributed by atoms with Gasteiger partial charge in [0.25, 0.3) is 5.91 Å². The van der Waals surface area contributed by atoms with E-state index in [4.69, 9.17) is 19.6 Å². The van der Waals surface area contributed by atoms with E-state index in [1.807, 2.05) is 0 Å². The van der Waals surface area contributed by atoms with Gasteiger partial charge in [0.05, 0.1) is 17.3 Å². The van der Waals surface area contributed by atoms with Crippen molar-refractivity contribution < 1.29 is 32.2 Å². The number of carbonyl (C=O) groups is 1. The number of rotatable bonds is 18. The van der Waals surface area contributed by atoms with Gasteiger partial charge in [0.1, 0.15) is 11.6 Å². The number of benzene rings is 4. The Morgan fingerprint density at radius 2 is 1.76 bits per heavy atom. The molecule has 51 heavy (non-hydrogen) atoms. The van der Waals surface area contributed by atoms with E-state index >= 15 is 0 Å². The second-order valence-corrected chi connectivity index (χ2v) is 14.7. The van der Waals surface area contributed by atoms with Gasteiger partial charge in [-0.1, -0.05) is 59.7 Å². The Hall–Kier alpha value is -4.92. The van der Waals surface area contributed by atoms with Crippen molar-refractivity contribution in [3.8, 4) is 5.75 Å². The normalized spacial score (nSPS) is 16.8. The Bertz CT molecular complexity index is 1960. The van der Waals surface area contributed by atoms with Crippen LogP contribution in [0.25, 0.3) is 10.4 Å². The summed E-state index contributed by atoms with van der Waals surface area (Å²) in [5.74, 6) is 0.469. The van der Waals surface area contributed by atoms with Crippen LogP contribution in [0, 0.1) is 5.82 Å². The number of nitrogens with zero attached hydrogens (tertiary/aromatic N) is 4. The Morgan fingerprint density at radius 3 is 2.49 bits per heavy atom. The molecule has 1 heterocycles. The van der Waals surface area contributed by atoms with Crippen molar-refractivity contribution in [3.63, 3.8) is 0 Å². The zero-order valence-corrected chi connectivity index (χ0v) is 29.2. The van der Waals surface area contributed by atoms with E-state index in [1.165, 1.54) is 24.3 Å². The Balaban J connectivity index is 1.46. The third-order valence-corrected chi connectivity index (χ3v) is 10.8. The highest BCUT2D eigenvalue weighted by molar-refractivity contribution is 7.98. The molecule has 2 atom stereocenters.